The second kappa shape index (κ2) is 6.68. The zero-order chi connectivity index (χ0) is 14.6. The highest BCUT2D eigenvalue weighted by Crippen LogP contribution is 2.24. The third kappa shape index (κ3) is 3.79. The summed E-state index contributed by atoms with van der Waals surface area (Å²) in [5.74, 6) is 0.332. The number of nitrogens with zero attached hydrogens (tertiary/aromatic N) is 1. The van der Waals surface area contributed by atoms with Crippen molar-refractivity contribution in [2.24, 2.45) is 5.92 Å². The SMILES string of the molecule is CCS(=O)(=O)N1CCCC(CCc2ccccc2F)C1. The highest BCUT2D eigenvalue weighted by molar-refractivity contribution is 7.89. The first-order chi connectivity index (χ1) is 9.53. The van der Waals surface area contributed by atoms with Gasteiger partial charge in [-0.1, -0.05) is 18.2 Å². The molecular weight excluding hydrogens is 277 g/mol. The van der Waals surface area contributed by atoms with Crippen molar-refractivity contribution in [1.29, 1.82) is 0 Å². The molecule has 0 aliphatic carbocycles. The molecule has 0 radical (unpaired) electrons. The maximum Gasteiger partial charge on any atom is 0.213 e. The second-order valence-electron chi connectivity index (χ2n) is 5.40. The van der Waals surface area contributed by atoms with Crippen molar-refractivity contribution < 1.29 is 12.8 Å². The molecule has 1 atom stereocenters. The van der Waals surface area contributed by atoms with Gasteiger partial charge in [0.05, 0.1) is 5.75 Å². The van der Waals surface area contributed by atoms with E-state index in [1.165, 1.54) is 6.07 Å². The molecule has 1 heterocycles. The number of rotatable bonds is 5. The third-order valence-corrected chi connectivity index (χ3v) is 5.87. The lowest BCUT2D eigenvalue weighted by atomic mass is 9.92. The first-order valence-corrected chi connectivity index (χ1v) is 8.85. The maximum absolute atomic E-state index is 13.6. The minimum Gasteiger partial charge on any atom is -0.212 e. The van der Waals surface area contributed by atoms with Gasteiger partial charge in [-0.25, -0.2) is 17.1 Å². The van der Waals surface area contributed by atoms with E-state index in [9.17, 15) is 12.8 Å². The summed E-state index contributed by atoms with van der Waals surface area (Å²) in [7, 11) is -3.09. The molecule has 3 nitrogen and oxygen atoms in total. The number of hydrogen-bond donors (Lipinski definition) is 0. The molecule has 1 aromatic rings. The number of sulfonamides is 1. The van der Waals surface area contributed by atoms with E-state index < -0.39 is 10.0 Å². The van der Waals surface area contributed by atoms with Crippen LogP contribution in [0.25, 0.3) is 0 Å². The molecule has 1 aromatic carbocycles. The first kappa shape index (κ1) is 15.4. The molecule has 0 N–H and O–H groups in total. The minimum atomic E-state index is -3.09. The molecule has 1 unspecified atom stereocenters. The van der Waals surface area contributed by atoms with Crippen LogP contribution in [0.2, 0.25) is 0 Å². The quantitative estimate of drug-likeness (QED) is 0.838. The lowest BCUT2D eigenvalue weighted by Crippen LogP contribution is -2.40. The van der Waals surface area contributed by atoms with Crippen LogP contribution in [0.1, 0.15) is 31.7 Å². The zero-order valence-electron chi connectivity index (χ0n) is 11.9. The molecule has 1 saturated heterocycles. The number of piperidine rings is 1. The topological polar surface area (TPSA) is 37.4 Å². The van der Waals surface area contributed by atoms with Crippen molar-refractivity contribution in [1.82, 2.24) is 4.31 Å². The van der Waals surface area contributed by atoms with Gasteiger partial charge in [-0.05, 0) is 50.2 Å². The van der Waals surface area contributed by atoms with Gasteiger partial charge < -0.3 is 0 Å². The first-order valence-electron chi connectivity index (χ1n) is 7.24. The molecule has 112 valence electrons. The molecule has 1 fully saturated rings. The van der Waals surface area contributed by atoms with Crippen molar-refractivity contribution in [3.63, 3.8) is 0 Å². The summed E-state index contributed by atoms with van der Waals surface area (Å²) in [6, 6.07) is 6.81. The van der Waals surface area contributed by atoms with Crippen LogP contribution in [0, 0.1) is 11.7 Å². The molecular formula is C15H22FNO2S. The average molecular weight is 299 g/mol. The molecule has 0 saturated carbocycles. The number of aryl methyl sites for hydroxylation is 1. The normalized spacial score (nSPS) is 21.0. The molecule has 2 rings (SSSR count). The molecule has 1 aliphatic rings. The van der Waals surface area contributed by atoms with Gasteiger partial charge >= 0.3 is 0 Å². The van der Waals surface area contributed by atoms with Gasteiger partial charge in [-0.15, -0.1) is 0 Å². The van der Waals surface area contributed by atoms with E-state index in [-0.39, 0.29) is 11.6 Å². The smallest absolute Gasteiger partial charge is 0.212 e. The molecule has 1 aliphatic heterocycles. The fourth-order valence-electron chi connectivity index (χ4n) is 2.76. The number of halogens is 1. The Morgan fingerprint density at radius 3 is 2.80 bits per heavy atom. The van der Waals surface area contributed by atoms with Crippen LogP contribution in [0.4, 0.5) is 4.39 Å². The Kier molecular flexibility index (Phi) is 5.16. The van der Waals surface area contributed by atoms with E-state index in [0.717, 1.165) is 24.8 Å². The Labute approximate surface area is 120 Å². The zero-order valence-corrected chi connectivity index (χ0v) is 12.7. The van der Waals surface area contributed by atoms with E-state index in [1.807, 2.05) is 6.07 Å². The fraction of sp³-hybridized carbons (Fsp3) is 0.600. The van der Waals surface area contributed by atoms with Crippen LogP contribution in [-0.2, 0) is 16.4 Å². The lowest BCUT2D eigenvalue weighted by molar-refractivity contribution is 0.256. The summed E-state index contributed by atoms with van der Waals surface area (Å²) < 4.78 is 38.9. The maximum atomic E-state index is 13.6. The van der Waals surface area contributed by atoms with Crippen LogP contribution in [0.5, 0.6) is 0 Å². The van der Waals surface area contributed by atoms with Crippen molar-refractivity contribution in [3.8, 4) is 0 Å². The highest BCUT2D eigenvalue weighted by Gasteiger charge is 2.27. The molecule has 0 spiro atoms. The van der Waals surface area contributed by atoms with Gasteiger partial charge in [-0.3, -0.25) is 0 Å². The average Bonchev–Trinajstić information content (AvgIpc) is 2.47. The fourth-order valence-corrected chi connectivity index (χ4v) is 3.97. The molecule has 0 bridgehead atoms. The predicted octanol–water partition coefficient (Wildman–Crippen LogP) is 2.82. The van der Waals surface area contributed by atoms with E-state index in [4.69, 9.17) is 0 Å². The van der Waals surface area contributed by atoms with E-state index >= 15 is 0 Å². The van der Waals surface area contributed by atoms with Gasteiger partial charge in [0.1, 0.15) is 5.82 Å². The summed E-state index contributed by atoms with van der Waals surface area (Å²) in [6.07, 6.45) is 3.46. The monoisotopic (exact) mass is 299 g/mol. The lowest BCUT2D eigenvalue weighted by Gasteiger charge is -2.31. The standard InChI is InChI=1S/C15H22FNO2S/c1-2-20(18,19)17-11-5-6-13(12-17)9-10-14-7-3-4-8-15(14)16/h3-4,7-8,13H,2,5-6,9-12H2,1H3. The summed E-state index contributed by atoms with van der Waals surface area (Å²) in [6.45, 7) is 2.90. The molecule has 20 heavy (non-hydrogen) atoms. The predicted molar refractivity (Wildman–Crippen MR) is 78.5 cm³/mol. The summed E-state index contributed by atoms with van der Waals surface area (Å²) >= 11 is 0. The number of benzene rings is 1. The van der Waals surface area contributed by atoms with Crippen LogP contribution >= 0.6 is 0 Å². The van der Waals surface area contributed by atoms with Gasteiger partial charge in [0.15, 0.2) is 0 Å². The van der Waals surface area contributed by atoms with Crippen LogP contribution in [-0.4, -0.2) is 31.6 Å². The molecule has 0 amide bonds. The Balaban J connectivity index is 1.92. The van der Waals surface area contributed by atoms with Gasteiger partial charge in [0.2, 0.25) is 10.0 Å². The van der Waals surface area contributed by atoms with Crippen LogP contribution in [0.3, 0.4) is 0 Å². The third-order valence-electron chi connectivity index (χ3n) is 4.02. The summed E-state index contributed by atoms with van der Waals surface area (Å²) in [5.41, 5.74) is 0.725. The minimum absolute atomic E-state index is 0.160. The highest BCUT2D eigenvalue weighted by atomic mass is 32.2. The van der Waals surface area contributed by atoms with Crippen LogP contribution < -0.4 is 0 Å². The van der Waals surface area contributed by atoms with Crippen molar-refractivity contribution in [3.05, 3.63) is 35.6 Å². The van der Waals surface area contributed by atoms with Gasteiger partial charge in [0, 0.05) is 13.1 Å². The van der Waals surface area contributed by atoms with Crippen molar-refractivity contribution >= 4 is 10.0 Å². The van der Waals surface area contributed by atoms with Gasteiger partial charge in [-0.2, -0.15) is 0 Å². The summed E-state index contributed by atoms with van der Waals surface area (Å²) in [4.78, 5) is 0. The Morgan fingerprint density at radius 2 is 2.10 bits per heavy atom. The van der Waals surface area contributed by atoms with Crippen molar-refractivity contribution in [2.45, 2.75) is 32.6 Å². The van der Waals surface area contributed by atoms with E-state index in [1.54, 1.807) is 23.4 Å². The Hall–Kier alpha value is -0.940. The molecule has 0 aromatic heterocycles. The summed E-state index contributed by atoms with van der Waals surface area (Å²) in [5, 5.41) is 0. The van der Waals surface area contributed by atoms with E-state index in [0.29, 0.717) is 25.4 Å². The van der Waals surface area contributed by atoms with E-state index in [2.05, 4.69) is 0 Å². The van der Waals surface area contributed by atoms with Gasteiger partial charge in [0.25, 0.3) is 0 Å². The Morgan fingerprint density at radius 1 is 1.35 bits per heavy atom. The number of hydrogen-bond acceptors (Lipinski definition) is 2. The molecule has 5 heteroatoms. The largest absolute Gasteiger partial charge is 0.213 e. The van der Waals surface area contributed by atoms with Crippen LogP contribution in [0.15, 0.2) is 24.3 Å². The van der Waals surface area contributed by atoms with Crippen molar-refractivity contribution in [2.75, 3.05) is 18.8 Å². The second-order valence-corrected chi connectivity index (χ2v) is 7.65. The Bertz CT molecular complexity index is 545.